The number of aryl methyl sites for hydroxylation is 6. The number of likely N-dealkylation sites (N-methyl/N-ethyl adjacent to an activating group) is 1. The zero-order chi connectivity index (χ0) is 90.3. The van der Waals surface area contributed by atoms with Crippen molar-refractivity contribution in [2.24, 2.45) is 5.73 Å². The van der Waals surface area contributed by atoms with Crippen LogP contribution < -0.4 is 22.9 Å². The summed E-state index contributed by atoms with van der Waals surface area (Å²) in [6.07, 6.45) is 21.3. The largest absolute Gasteiger partial charge is 0.396 e. The molecule has 638 valence electrons. The maximum absolute atomic E-state index is 13.0. The second-order valence-corrected chi connectivity index (χ2v) is 30.0. The Bertz CT molecular complexity index is 6630. The molecule has 4 amide bonds. The molecule has 10 heterocycles. The number of amides is 4. The number of fused-ring (bicyclic) bond motifs is 5. The number of aromatic nitrogens is 11. The lowest BCUT2D eigenvalue weighted by molar-refractivity contribution is -0.126. The van der Waals surface area contributed by atoms with Gasteiger partial charge in [-0.1, -0.05) is 102 Å². The zero-order valence-corrected chi connectivity index (χ0v) is 70.6. The van der Waals surface area contributed by atoms with E-state index in [1.165, 1.54) is 36.9 Å². The minimum atomic E-state index is -0.711. The average Bonchev–Trinajstić information content (AvgIpc) is 1.60. The maximum atomic E-state index is 13.0. The van der Waals surface area contributed by atoms with Crippen LogP contribution in [-0.4, -0.2) is 173 Å². The third-order valence-electron chi connectivity index (χ3n) is 21.1. The summed E-state index contributed by atoms with van der Waals surface area (Å²) >= 11 is 0. The third-order valence-corrected chi connectivity index (χ3v) is 21.1. The fourth-order valence-electron chi connectivity index (χ4n) is 14.7. The Morgan fingerprint density at radius 2 is 0.817 bits per heavy atom. The highest BCUT2D eigenvalue weighted by atomic mass is 16.3. The topological polar surface area (TPSA) is 444 Å². The fraction of sp³-hybridized carbons (Fsp3) is 0.242. The van der Waals surface area contributed by atoms with Crippen LogP contribution in [0.4, 0.5) is 17.5 Å². The first-order chi connectivity index (χ1) is 60.9. The second-order valence-electron chi connectivity index (χ2n) is 30.0. The number of benzene rings is 5. The van der Waals surface area contributed by atoms with Gasteiger partial charge in [-0.25, -0.2) is 44.4 Å². The highest BCUT2D eigenvalue weighted by Crippen LogP contribution is 2.42. The number of carbonyl (C=O) groups is 5. The lowest BCUT2D eigenvalue weighted by atomic mass is 10.0. The van der Waals surface area contributed by atoms with Crippen LogP contribution in [0.3, 0.4) is 0 Å². The number of carbonyl (C=O) groups excluding carboxylic acids is 5. The lowest BCUT2D eigenvalue weighted by Gasteiger charge is -2.15. The van der Waals surface area contributed by atoms with Crippen molar-refractivity contribution >= 4 is 132 Å². The van der Waals surface area contributed by atoms with Crippen LogP contribution in [0.1, 0.15) is 96.8 Å². The number of Topliss-reactive ketones (excluding diaryl/α,β-unsaturated/α-hetero) is 1. The van der Waals surface area contributed by atoms with Gasteiger partial charge in [0.1, 0.15) is 76.7 Å². The van der Waals surface area contributed by atoms with Gasteiger partial charge in [0.25, 0.3) is 35.0 Å². The van der Waals surface area contributed by atoms with E-state index < -0.39 is 11.8 Å². The van der Waals surface area contributed by atoms with Gasteiger partial charge < -0.3 is 81.4 Å². The molecule has 31 heteroatoms. The predicted octanol–water partition coefficient (Wildman–Crippen LogP) is 13.5. The monoisotopic (exact) mass is 1690 g/mol. The molecule has 126 heavy (non-hydrogen) atoms. The van der Waals surface area contributed by atoms with Crippen LogP contribution in [0.25, 0.3) is 133 Å². The number of aliphatic hydroxyl groups excluding tert-OH is 3. The summed E-state index contributed by atoms with van der Waals surface area (Å²) in [4.78, 5) is 108. The SMILES string of the molecule is N#C/C(=C\c1ccc2[nH]ccc2c1)C(=O)N1CCCC1.N#C/C(=C\c1ccc2[nH]ccc2c1)C(N)=O.[C-]#[N+]/C(=C\c1c(-c2ccc(C)cc2)c2c(N)ncnc2n1CCCO)C(=O)N(C)C.[C-]#[N+]/C(=C\c1c(-c2ccc(C)cc2)c2c(N)ncnc2n1CCCO)C(=O)N1CCCC1.[C-]#[N+]/C(=C\c1c(-c2ccc(C)cc2)c2c(N)ncnc2n1CCCO)C(C)=O. The number of likely N-dealkylation sites (tertiary alicyclic amines) is 2. The van der Waals surface area contributed by atoms with E-state index >= 15 is 0 Å². The van der Waals surface area contributed by atoms with Gasteiger partial charge in [0.15, 0.2) is 5.78 Å². The number of nitrogens with one attached hydrogen (secondary N) is 2. The number of primary amides is 1. The molecule has 0 unspecified atom stereocenters. The molecule has 0 atom stereocenters. The second kappa shape index (κ2) is 42.5. The quantitative estimate of drug-likeness (QED) is 0.0173. The van der Waals surface area contributed by atoms with Gasteiger partial charge >= 0.3 is 0 Å². The molecule has 0 spiro atoms. The van der Waals surface area contributed by atoms with E-state index in [4.69, 9.17) is 47.9 Å². The number of ketones is 1. The van der Waals surface area contributed by atoms with Crippen LogP contribution >= 0.6 is 0 Å². The molecule has 2 aliphatic rings. The van der Waals surface area contributed by atoms with Crippen molar-refractivity contribution in [1.82, 2.24) is 68.3 Å². The van der Waals surface area contributed by atoms with E-state index in [9.17, 15) is 44.6 Å². The van der Waals surface area contributed by atoms with Crippen molar-refractivity contribution in [2.45, 2.75) is 92.3 Å². The highest BCUT2D eigenvalue weighted by molar-refractivity contribution is 6.11. The molecule has 31 nitrogen and oxygen atoms in total. The number of H-pyrrole nitrogens is 2. The number of aliphatic hydroxyl groups is 3. The Balaban J connectivity index is 0.000000156. The molecule has 2 fully saturated rings. The van der Waals surface area contributed by atoms with E-state index in [1.807, 2.05) is 174 Å². The standard InChI is InChI=1S/C24H26N6O2.C22H24N6O2.C21H21N5O2.C16H15N3O.C12H9N3O/c1-16-6-8-17(9-7-16)20-19(14-18(26-2)24(32)29-10-3-4-11-29)30(12-5-13-31)23-21(20)22(25)27-15-28-23;1-14-6-8-15(9-7-14)18-17(12-16(24-2)22(30)27(3)4)28(10-5-11-29)21-19(18)20(23)25-13-26-21;1-13-5-7-15(8-6-13)18-17(11-16(23-3)14(2)28)26(9-4-10-27)21-19(18)20(22)24-12-25-21;17-11-14(16(20)19-7-1-2-8-19)10-12-3-4-15-13(9-12)5-6-18-15;13-7-10(12(14)16)6-8-1-2-11-9(5-8)3-4-15-11/h6-9,14-15,31H,3-5,10-13H2,1H3,(H2,25,27,28);6-9,12-13,29H,5,10-11H2,1,3-4H3,(H2,23,25,26);5-8,11-12,27H,4,9-10H2,1-2H3,(H2,22,24,25);3-6,9-10,18H,1-2,7-8H2;1-6,15H,(H2,14,16)/b18-14-;16-12-;16-11-;14-10+;10-6+. The molecule has 0 saturated carbocycles. The van der Waals surface area contributed by atoms with Crippen molar-refractivity contribution in [3.63, 3.8) is 0 Å². The predicted molar refractivity (Wildman–Crippen MR) is 489 cm³/mol. The number of nitrogens with two attached hydrogens (primary N) is 4. The van der Waals surface area contributed by atoms with Gasteiger partial charge in [-0.2, -0.15) is 10.5 Å². The third kappa shape index (κ3) is 21.1. The molecular weight excluding hydrogens is 1590 g/mol. The summed E-state index contributed by atoms with van der Waals surface area (Å²) in [6, 6.07) is 42.9. The molecule has 2 aliphatic heterocycles. The fourth-order valence-corrected chi connectivity index (χ4v) is 14.7. The van der Waals surface area contributed by atoms with Crippen molar-refractivity contribution in [2.75, 3.05) is 77.3 Å². The van der Waals surface area contributed by atoms with Gasteiger partial charge in [-0.05, 0) is 178 Å². The summed E-state index contributed by atoms with van der Waals surface area (Å²) in [5.41, 5.74) is 39.8. The van der Waals surface area contributed by atoms with Crippen molar-refractivity contribution in [3.8, 4) is 45.5 Å². The van der Waals surface area contributed by atoms with Crippen molar-refractivity contribution in [1.29, 1.82) is 10.5 Å². The van der Waals surface area contributed by atoms with Crippen LogP contribution in [-0.2, 0) is 43.6 Å². The van der Waals surface area contributed by atoms with E-state index in [1.54, 1.807) is 54.3 Å². The summed E-state index contributed by atoms with van der Waals surface area (Å²) < 4.78 is 5.68. The molecule has 13 aromatic rings. The average molecular weight is 1690 g/mol. The van der Waals surface area contributed by atoms with Crippen LogP contribution in [0.2, 0.25) is 0 Å². The number of nitrogen functional groups attached to an aromatic ring is 3. The van der Waals surface area contributed by atoms with Gasteiger partial charge in [0, 0.05) is 137 Å². The van der Waals surface area contributed by atoms with Gasteiger partial charge in [-0.3, -0.25) is 19.2 Å². The first-order valence-corrected chi connectivity index (χ1v) is 40.6. The minimum absolute atomic E-state index is 0.00440. The Hall–Kier alpha value is -16.0. The first-order valence-electron chi connectivity index (χ1n) is 40.6. The van der Waals surface area contributed by atoms with E-state index in [0.29, 0.717) is 120 Å². The smallest absolute Gasteiger partial charge is 0.264 e. The van der Waals surface area contributed by atoms with Crippen molar-refractivity contribution in [3.05, 3.63) is 260 Å². The molecule has 0 bridgehead atoms. The molecule has 13 N–H and O–H groups in total. The number of nitriles is 2. The summed E-state index contributed by atoms with van der Waals surface area (Å²) in [5, 5.41) is 50.2. The van der Waals surface area contributed by atoms with Crippen LogP contribution in [0.5, 0.6) is 0 Å². The Morgan fingerprint density at radius 3 is 1.14 bits per heavy atom. The first kappa shape index (κ1) is 90.8. The van der Waals surface area contributed by atoms with Crippen LogP contribution in [0, 0.1) is 63.1 Å². The Kier molecular flexibility index (Phi) is 30.6. The molecule has 0 aliphatic carbocycles. The minimum Gasteiger partial charge on any atom is -0.396 e. The van der Waals surface area contributed by atoms with Crippen LogP contribution in [0.15, 0.2) is 181 Å². The Labute approximate surface area is 727 Å². The summed E-state index contributed by atoms with van der Waals surface area (Å²) in [7, 11) is 3.21. The normalized spacial score (nSPS) is 12.8. The lowest BCUT2D eigenvalue weighted by Crippen LogP contribution is -2.28. The summed E-state index contributed by atoms with van der Waals surface area (Å²) in [6.45, 7) is 34.2. The number of allylic oxidation sites excluding steroid dienone is 1. The summed E-state index contributed by atoms with van der Waals surface area (Å²) in [5.74, 6) is -0.860. The Morgan fingerprint density at radius 1 is 0.476 bits per heavy atom. The zero-order valence-electron chi connectivity index (χ0n) is 70.6. The highest BCUT2D eigenvalue weighted by Gasteiger charge is 2.29. The number of nitrogens with zero attached hydrogens (tertiary/aromatic N) is 17. The van der Waals surface area contributed by atoms with Crippen molar-refractivity contribution < 1.29 is 39.3 Å². The number of rotatable bonds is 22. The number of hydrogen-bond acceptors (Lipinski definition) is 19. The number of aromatic amines is 2. The molecule has 5 aromatic carbocycles. The molecule has 15 rings (SSSR count). The van der Waals surface area contributed by atoms with E-state index in [-0.39, 0.29) is 65.7 Å². The maximum Gasteiger partial charge on any atom is 0.264 e. The van der Waals surface area contributed by atoms with Gasteiger partial charge in [0.2, 0.25) is 5.70 Å². The molecule has 2 saturated heterocycles. The number of anilines is 3. The van der Waals surface area contributed by atoms with Gasteiger partial charge in [0.05, 0.1) is 35.9 Å². The molecule has 0 radical (unpaired) electrons. The van der Waals surface area contributed by atoms with E-state index in [0.717, 1.165) is 122 Å². The molecule has 8 aromatic heterocycles. The van der Waals surface area contributed by atoms with E-state index in [2.05, 4.69) is 54.4 Å². The molecular formula is C95H95N23O8. The number of hydrogen-bond donors (Lipinski definition) is 9. The van der Waals surface area contributed by atoms with Gasteiger partial charge in [-0.15, -0.1) is 0 Å².